The van der Waals surface area contributed by atoms with Gasteiger partial charge in [-0.15, -0.1) is 0 Å². The van der Waals surface area contributed by atoms with Crippen molar-refractivity contribution in [3.05, 3.63) is 90.0 Å². The number of carbonyl (C=O) groups is 3. The van der Waals surface area contributed by atoms with Crippen LogP contribution in [0.2, 0.25) is 0 Å². The highest BCUT2D eigenvalue weighted by Crippen LogP contribution is 2.41. The topological polar surface area (TPSA) is 179 Å². The lowest BCUT2D eigenvalue weighted by atomic mass is 10.0. The van der Waals surface area contributed by atoms with Gasteiger partial charge < -0.3 is 30.0 Å². The van der Waals surface area contributed by atoms with Crippen molar-refractivity contribution in [1.29, 1.82) is 0 Å². The lowest BCUT2D eigenvalue weighted by molar-refractivity contribution is -0.129. The second-order valence-electron chi connectivity index (χ2n) is 10.4. The van der Waals surface area contributed by atoms with E-state index in [9.17, 15) is 19.5 Å². The number of hydrogen-bond acceptors (Lipinski definition) is 9. The maximum atomic E-state index is 12.9. The normalized spacial score (nSPS) is 22.4. The second-order valence-corrected chi connectivity index (χ2v) is 10.4. The molecule has 14 heteroatoms. The van der Waals surface area contributed by atoms with Crippen LogP contribution in [0.3, 0.4) is 0 Å². The van der Waals surface area contributed by atoms with Gasteiger partial charge in [0.15, 0.2) is 29.5 Å². The van der Waals surface area contributed by atoms with Gasteiger partial charge in [0, 0.05) is 13.1 Å². The van der Waals surface area contributed by atoms with Gasteiger partial charge in [0.1, 0.15) is 24.6 Å². The number of aromatic nitrogens is 4. The minimum atomic E-state index is -1.10. The number of hydrogen-bond donors (Lipinski definition) is 4. The van der Waals surface area contributed by atoms with E-state index in [-0.39, 0.29) is 30.3 Å². The van der Waals surface area contributed by atoms with E-state index in [1.807, 2.05) is 42.5 Å². The van der Waals surface area contributed by atoms with Crippen molar-refractivity contribution in [3.63, 3.8) is 0 Å². The van der Waals surface area contributed by atoms with Gasteiger partial charge in [-0.1, -0.05) is 54.6 Å². The number of rotatable bonds is 10. The number of imidazole rings is 1. The molecule has 0 bridgehead atoms. The van der Waals surface area contributed by atoms with Gasteiger partial charge >= 0.3 is 12.0 Å². The molecule has 5 atom stereocenters. The summed E-state index contributed by atoms with van der Waals surface area (Å²) in [6.45, 7) is 2.32. The average molecular weight is 614 g/mol. The van der Waals surface area contributed by atoms with Gasteiger partial charge in [0.25, 0.3) is 0 Å². The summed E-state index contributed by atoms with van der Waals surface area (Å²) in [5, 5.41) is 17.7. The van der Waals surface area contributed by atoms with Crippen molar-refractivity contribution in [3.8, 4) is 0 Å². The molecule has 0 saturated carbocycles. The van der Waals surface area contributed by atoms with Crippen LogP contribution in [0.25, 0.3) is 17.2 Å². The first-order chi connectivity index (χ1) is 21.9. The fourth-order valence-electron chi connectivity index (χ4n) is 5.37. The summed E-state index contributed by atoms with van der Waals surface area (Å²) in [7, 11) is 0. The minimum absolute atomic E-state index is 0.0699. The maximum Gasteiger partial charge on any atom is 0.335 e. The number of anilines is 1. The standard InChI is InChI=1S/C31H31N7O7/c1-2-32-31(42)37-27-24-28(35-16-34-27)38(17-36-24)29-26-25(44-23(45-26)13-12-18-8-4-3-5-9-18)21(43-29)15-33-22(39)14-19-10-6-7-11-20(19)30(40)41/h3-13,16-17,21,23,25-26,29H,2,14-15H2,1H3,(H,33,39)(H,40,41)(H2,32,34,35,37,42)/b13-12+/t21?,23-,25?,26?,29?/m0/s1. The smallest absolute Gasteiger partial charge is 0.335 e. The van der Waals surface area contributed by atoms with E-state index in [1.54, 1.807) is 29.7 Å². The monoisotopic (exact) mass is 613 g/mol. The molecule has 4 heterocycles. The fraction of sp³-hybridized carbons (Fsp3) is 0.290. The molecule has 2 fully saturated rings. The van der Waals surface area contributed by atoms with Gasteiger partial charge in [-0.05, 0) is 30.2 Å². The van der Waals surface area contributed by atoms with E-state index in [2.05, 4.69) is 30.9 Å². The van der Waals surface area contributed by atoms with Crippen molar-refractivity contribution in [2.45, 2.75) is 44.2 Å². The highest BCUT2D eigenvalue weighted by molar-refractivity contribution is 5.95. The van der Waals surface area contributed by atoms with Crippen LogP contribution in [0.5, 0.6) is 0 Å². The first kappa shape index (κ1) is 29.9. The van der Waals surface area contributed by atoms with Gasteiger partial charge in [-0.3, -0.25) is 14.7 Å². The van der Waals surface area contributed by atoms with Gasteiger partial charge in [0.05, 0.1) is 18.3 Å². The van der Waals surface area contributed by atoms with Crippen molar-refractivity contribution in [2.75, 3.05) is 18.4 Å². The van der Waals surface area contributed by atoms with Crippen LogP contribution in [-0.2, 0) is 25.4 Å². The molecule has 4 aromatic rings. The minimum Gasteiger partial charge on any atom is -0.478 e. The Hall–Kier alpha value is -5.18. The molecule has 2 aromatic carbocycles. The Bertz CT molecular complexity index is 1730. The highest BCUT2D eigenvalue weighted by atomic mass is 16.8. The highest BCUT2D eigenvalue weighted by Gasteiger charge is 2.53. The third-order valence-corrected chi connectivity index (χ3v) is 7.41. The SMILES string of the molecule is CCNC(=O)Nc1ncnc2c1ncn2C1OC(CNC(=O)Cc2ccccc2C(=O)O)C2O[C@H](/C=C/c3ccccc3)OC21. The van der Waals surface area contributed by atoms with Crippen LogP contribution in [0, 0.1) is 0 Å². The zero-order valence-corrected chi connectivity index (χ0v) is 24.2. The molecule has 2 aliphatic heterocycles. The first-order valence-corrected chi connectivity index (χ1v) is 14.4. The summed E-state index contributed by atoms with van der Waals surface area (Å²) < 4.78 is 20.7. The Labute approximate surface area is 257 Å². The van der Waals surface area contributed by atoms with Gasteiger partial charge in [-0.25, -0.2) is 24.5 Å². The number of carboxylic acid groups (broad SMARTS) is 1. The Balaban J connectivity index is 1.22. The van der Waals surface area contributed by atoms with Crippen LogP contribution in [0.4, 0.5) is 10.6 Å². The summed E-state index contributed by atoms with van der Waals surface area (Å²) in [5.41, 5.74) is 2.21. The van der Waals surface area contributed by atoms with Crippen LogP contribution in [0.15, 0.2) is 73.3 Å². The molecule has 2 aliphatic rings. The van der Waals surface area contributed by atoms with Crippen molar-refractivity contribution in [2.24, 2.45) is 0 Å². The lowest BCUT2D eigenvalue weighted by Gasteiger charge is -2.20. The van der Waals surface area contributed by atoms with E-state index in [1.165, 1.54) is 18.7 Å². The molecule has 0 aliphatic carbocycles. The van der Waals surface area contributed by atoms with Crippen LogP contribution < -0.4 is 16.0 Å². The van der Waals surface area contributed by atoms with Crippen LogP contribution in [-0.4, -0.2) is 80.2 Å². The number of fused-ring (bicyclic) bond motifs is 2. The van der Waals surface area contributed by atoms with Crippen LogP contribution >= 0.6 is 0 Å². The first-order valence-electron chi connectivity index (χ1n) is 14.4. The summed E-state index contributed by atoms with van der Waals surface area (Å²) in [5.74, 6) is -1.24. The number of urea groups is 1. The number of nitrogens with zero attached hydrogens (tertiary/aromatic N) is 4. The number of aromatic carboxylic acids is 1. The molecule has 0 radical (unpaired) electrons. The van der Waals surface area contributed by atoms with Crippen LogP contribution in [0.1, 0.15) is 34.6 Å². The summed E-state index contributed by atoms with van der Waals surface area (Å²) in [4.78, 5) is 49.6. The molecular weight excluding hydrogens is 582 g/mol. The molecule has 2 aromatic heterocycles. The van der Waals surface area contributed by atoms with E-state index in [4.69, 9.17) is 14.2 Å². The Morgan fingerprint density at radius 3 is 2.53 bits per heavy atom. The number of ether oxygens (including phenoxy) is 3. The zero-order valence-electron chi connectivity index (χ0n) is 24.2. The number of carbonyl (C=O) groups excluding carboxylic acids is 2. The Kier molecular flexibility index (Phi) is 8.77. The Morgan fingerprint density at radius 2 is 1.73 bits per heavy atom. The molecule has 4 N–H and O–H groups in total. The predicted octanol–water partition coefficient (Wildman–Crippen LogP) is 2.75. The maximum absolute atomic E-state index is 12.9. The molecule has 2 saturated heterocycles. The quantitative estimate of drug-likeness (QED) is 0.208. The third kappa shape index (κ3) is 6.52. The summed E-state index contributed by atoms with van der Waals surface area (Å²) in [6.07, 6.45) is 3.23. The number of carboxylic acids is 1. The van der Waals surface area contributed by atoms with Crippen molar-refractivity contribution in [1.82, 2.24) is 30.2 Å². The van der Waals surface area contributed by atoms with E-state index in [0.29, 0.717) is 23.3 Å². The zero-order chi connectivity index (χ0) is 31.3. The van der Waals surface area contributed by atoms with Gasteiger partial charge in [0.2, 0.25) is 5.91 Å². The molecule has 14 nitrogen and oxygen atoms in total. The van der Waals surface area contributed by atoms with Crippen molar-refractivity contribution >= 4 is 41.0 Å². The number of nitrogens with one attached hydrogen (secondary N) is 3. The van der Waals surface area contributed by atoms with Crippen molar-refractivity contribution < 1.29 is 33.7 Å². The summed E-state index contributed by atoms with van der Waals surface area (Å²) in [6, 6.07) is 15.7. The molecular formula is C31H31N7O7. The van der Waals surface area contributed by atoms with E-state index >= 15 is 0 Å². The molecule has 0 spiro atoms. The third-order valence-electron chi connectivity index (χ3n) is 7.41. The molecule has 4 unspecified atom stereocenters. The Morgan fingerprint density at radius 1 is 0.956 bits per heavy atom. The average Bonchev–Trinajstić information content (AvgIpc) is 3.74. The van der Waals surface area contributed by atoms with E-state index < -0.39 is 42.8 Å². The molecule has 6 rings (SSSR count). The predicted molar refractivity (Wildman–Crippen MR) is 161 cm³/mol. The molecule has 3 amide bonds. The van der Waals surface area contributed by atoms with E-state index in [0.717, 1.165) is 5.56 Å². The summed E-state index contributed by atoms with van der Waals surface area (Å²) >= 11 is 0. The molecule has 232 valence electrons. The lowest BCUT2D eigenvalue weighted by Crippen LogP contribution is -2.39. The largest absolute Gasteiger partial charge is 0.478 e. The second kappa shape index (κ2) is 13.2. The molecule has 45 heavy (non-hydrogen) atoms. The van der Waals surface area contributed by atoms with Gasteiger partial charge in [-0.2, -0.15) is 0 Å². The number of benzene rings is 2. The fourth-order valence-corrected chi connectivity index (χ4v) is 5.37. The number of amides is 3.